The van der Waals surface area contributed by atoms with Gasteiger partial charge in [0.05, 0.1) is 11.6 Å². The van der Waals surface area contributed by atoms with Gasteiger partial charge in [0, 0.05) is 56.2 Å². The van der Waals surface area contributed by atoms with Crippen molar-refractivity contribution >= 4 is 23.3 Å². The first-order valence-corrected chi connectivity index (χ1v) is 9.70. The molecule has 3 heterocycles. The standard InChI is InChI=1S/C17H25N7OS/c1-14-21-12-15(26-14)13-22-17(25)20-6-3-7-23-8-10-24(11-9-23)16-18-4-2-5-19-16/h2,4-5,12H,3,6-11,13H2,1H3,(H2,20,22,25). The lowest BCUT2D eigenvalue weighted by molar-refractivity contribution is 0.235. The third kappa shape index (κ3) is 5.63. The number of amides is 2. The number of aryl methyl sites for hydroxylation is 1. The maximum atomic E-state index is 11.8. The highest BCUT2D eigenvalue weighted by molar-refractivity contribution is 7.11. The maximum Gasteiger partial charge on any atom is 0.315 e. The molecule has 0 saturated carbocycles. The van der Waals surface area contributed by atoms with Crippen molar-refractivity contribution in [3.8, 4) is 0 Å². The van der Waals surface area contributed by atoms with Crippen molar-refractivity contribution in [3.63, 3.8) is 0 Å². The summed E-state index contributed by atoms with van der Waals surface area (Å²) in [5.41, 5.74) is 0. The van der Waals surface area contributed by atoms with Gasteiger partial charge in [-0.1, -0.05) is 0 Å². The third-order valence-corrected chi connectivity index (χ3v) is 5.15. The van der Waals surface area contributed by atoms with Crippen LogP contribution in [0.5, 0.6) is 0 Å². The van der Waals surface area contributed by atoms with Crippen molar-refractivity contribution < 1.29 is 4.79 Å². The van der Waals surface area contributed by atoms with Gasteiger partial charge >= 0.3 is 6.03 Å². The summed E-state index contributed by atoms with van der Waals surface area (Å²) < 4.78 is 0. The summed E-state index contributed by atoms with van der Waals surface area (Å²) >= 11 is 1.60. The van der Waals surface area contributed by atoms with E-state index in [1.54, 1.807) is 29.9 Å². The number of hydrogen-bond acceptors (Lipinski definition) is 7. The summed E-state index contributed by atoms with van der Waals surface area (Å²) in [7, 11) is 0. The van der Waals surface area contributed by atoms with Gasteiger partial charge in [0.1, 0.15) is 0 Å². The summed E-state index contributed by atoms with van der Waals surface area (Å²) in [6.07, 6.45) is 6.30. The zero-order valence-corrected chi connectivity index (χ0v) is 15.8. The summed E-state index contributed by atoms with van der Waals surface area (Å²) in [4.78, 5) is 30.3. The van der Waals surface area contributed by atoms with Crippen LogP contribution in [0.1, 0.15) is 16.3 Å². The first-order chi connectivity index (χ1) is 12.7. The van der Waals surface area contributed by atoms with Crippen LogP contribution in [0.3, 0.4) is 0 Å². The first-order valence-electron chi connectivity index (χ1n) is 8.88. The van der Waals surface area contributed by atoms with E-state index >= 15 is 0 Å². The van der Waals surface area contributed by atoms with Gasteiger partial charge in [0.25, 0.3) is 0 Å². The second-order valence-electron chi connectivity index (χ2n) is 6.19. The number of anilines is 1. The summed E-state index contributed by atoms with van der Waals surface area (Å²) in [5, 5.41) is 6.79. The van der Waals surface area contributed by atoms with E-state index < -0.39 is 0 Å². The molecular formula is C17H25N7OS. The van der Waals surface area contributed by atoms with Gasteiger partial charge in [0.15, 0.2) is 0 Å². The number of nitrogens with zero attached hydrogens (tertiary/aromatic N) is 5. The topological polar surface area (TPSA) is 86.3 Å². The molecular weight excluding hydrogens is 350 g/mol. The second-order valence-corrected chi connectivity index (χ2v) is 7.51. The largest absolute Gasteiger partial charge is 0.338 e. The molecule has 2 aromatic rings. The number of carbonyl (C=O) groups excluding carboxylic acids is 1. The number of rotatable bonds is 7. The average Bonchev–Trinajstić information content (AvgIpc) is 3.10. The van der Waals surface area contributed by atoms with E-state index in [1.165, 1.54) is 0 Å². The summed E-state index contributed by atoms with van der Waals surface area (Å²) in [5.74, 6) is 0.807. The van der Waals surface area contributed by atoms with Crippen molar-refractivity contribution in [2.45, 2.75) is 19.9 Å². The number of urea groups is 1. The molecule has 3 rings (SSSR count). The van der Waals surface area contributed by atoms with Crippen molar-refractivity contribution in [1.29, 1.82) is 0 Å². The molecule has 2 N–H and O–H groups in total. The predicted octanol–water partition coefficient (Wildman–Crippen LogP) is 1.25. The van der Waals surface area contributed by atoms with Crippen molar-refractivity contribution in [1.82, 2.24) is 30.5 Å². The smallest absolute Gasteiger partial charge is 0.315 e. The highest BCUT2D eigenvalue weighted by Gasteiger charge is 2.18. The zero-order valence-electron chi connectivity index (χ0n) is 15.0. The molecule has 1 saturated heterocycles. The van der Waals surface area contributed by atoms with E-state index in [4.69, 9.17) is 0 Å². The Morgan fingerprint density at radius 1 is 1.15 bits per heavy atom. The molecule has 2 aromatic heterocycles. The average molecular weight is 376 g/mol. The van der Waals surface area contributed by atoms with Crippen LogP contribution in [0.4, 0.5) is 10.7 Å². The minimum absolute atomic E-state index is 0.123. The molecule has 0 radical (unpaired) electrons. The van der Waals surface area contributed by atoms with E-state index in [9.17, 15) is 4.79 Å². The number of hydrogen-bond donors (Lipinski definition) is 2. The number of carbonyl (C=O) groups is 1. The van der Waals surface area contributed by atoms with Gasteiger partial charge in [-0.15, -0.1) is 11.3 Å². The lowest BCUT2D eigenvalue weighted by Crippen LogP contribution is -2.47. The van der Waals surface area contributed by atoms with Crippen molar-refractivity contribution in [3.05, 3.63) is 34.5 Å². The molecule has 9 heteroatoms. The van der Waals surface area contributed by atoms with Gasteiger partial charge < -0.3 is 15.5 Å². The quantitative estimate of drug-likeness (QED) is 0.709. The van der Waals surface area contributed by atoms with Crippen LogP contribution in [0.2, 0.25) is 0 Å². The van der Waals surface area contributed by atoms with Gasteiger partial charge in [0.2, 0.25) is 5.95 Å². The second kappa shape index (κ2) is 9.44. The Labute approximate surface area is 157 Å². The Morgan fingerprint density at radius 3 is 2.62 bits per heavy atom. The summed E-state index contributed by atoms with van der Waals surface area (Å²) in [6, 6.07) is 1.71. The van der Waals surface area contributed by atoms with Crippen LogP contribution in [0.15, 0.2) is 24.7 Å². The number of piperazine rings is 1. The zero-order chi connectivity index (χ0) is 18.2. The van der Waals surface area contributed by atoms with Crippen LogP contribution in [-0.2, 0) is 6.54 Å². The molecule has 0 spiro atoms. The lowest BCUT2D eigenvalue weighted by Gasteiger charge is -2.34. The molecule has 0 bridgehead atoms. The lowest BCUT2D eigenvalue weighted by atomic mass is 10.3. The SMILES string of the molecule is Cc1ncc(CNC(=O)NCCCN2CCN(c3ncccn3)CC2)s1. The highest BCUT2D eigenvalue weighted by atomic mass is 32.1. The fourth-order valence-corrected chi connectivity index (χ4v) is 3.58. The van der Waals surface area contributed by atoms with Gasteiger partial charge in [-0.25, -0.2) is 19.7 Å². The molecule has 1 aliphatic rings. The minimum Gasteiger partial charge on any atom is -0.338 e. The maximum absolute atomic E-state index is 11.8. The van der Waals surface area contributed by atoms with Crippen LogP contribution in [-0.4, -0.2) is 65.2 Å². The van der Waals surface area contributed by atoms with Gasteiger partial charge in [-0.05, 0) is 26.0 Å². The predicted molar refractivity (Wildman–Crippen MR) is 102 cm³/mol. The van der Waals surface area contributed by atoms with Crippen LogP contribution in [0.25, 0.3) is 0 Å². The Morgan fingerprint density at radius 2 is 1.92 bits per heavy atom. The van der Waals surface area contributed by atoms with E-state index in [1.807, 2.05) is 13.0 Å². The van der Waals surface area contributed by atoms with Crippen molar-refractivity contribution in [2.24, 2.45) is 0 Å². The van der Waals surface area contributed by atoms with E-state index in [0.717, 1.165) is 55.0 Å². The Balaban J connectivity index is 1.26. The van der Waals surface area contributed by atoms with Crippen LogP contribution < -0.4 is 15.5 Å². The van der Waals surface area contributed by atoms with Crippen LogP contribution in [0, 0.1) is 6.92 Å². The molecule has 0 aliphatic carbocycles. The molecule has 0 aromatic carbocycles. The van der Waals surface area contributed by atoms with Crippen LogP contribution >= 0.6 is 11.3 Å². The molecule has 1 aliphatic heterocycles. The molecule has 2 amide bonds. The number of thiazole rings is 1. The number of nitrogens with one attached hydrogen (secondary N) is 2. The molecule has 0 atom stereocenters. The van der Waals surface area contributed by atoms with Gasteiger partial charge in [-0.2, -0.15) is 0 Å². The molecule has 0 unspecified atom stereocenters. The monoisotopic (exact) mass is 375 g/mol. The fraction of sp³-hybridized carbons (Fsp3) is 0.529. The minimum atomic E-state index is -0.123. The first kappa shape index (κ1) is 18.5. The van der Waals surface area contributed by atoms with E-state index in [0.29, 0.717) is 13.1 Å². The Bertz CT molecular complexity index is 685. The molecule has 140 valence electrons. The van der Waals surface area contributed by atoms with Crippen molar-refractivity contribution in [2.75, 3.05) is 44.2 Å². The van der Waals surface area contributed by atoms with Gasteiger partial charge in [-0.3, -0.25) is 4.90 Å². The van der Waals surface area contributed by atoms with E-state index in [-0.39, 0.29) is 6.03 Å². The fourth-order valence-electron chi connectivity index (χ4n) is 2.85. The highest BCUT2D eigenvalue weighted by Crippen LogP contribution is 2.11. The third-order valence-electron chi connectivity index (χ3n) is 4.24. The normalized spacial score (nSPS) is 15.0. The van der Waals surface area contributed by atoms with E-state index in [2.05, 4.69) is 35.4 Å². The number of aromatic nitrogens is 3. The summed E-state index contributed by atoms with van der Waals surface area (Å²) in [6.45, 7) is 8.01. The Hall–Kier alpha value is -2.26. The Kier molecular flexibility index (Phi) is 6.73. The molecule has 8 nitrogen and oxygen atoms in total. The molecule has 26 heavy (non-hydrogen) atoms. The molecule has 1 fully saturated rings.